The van der Waals surface area contributed by atoms with Crippen molar-refractivity contribution >= 4 is 27.3 Å². The molecule has 1 aliphatic heterocycles. The standard InChI is InChI=1S/C20H22N2O4S/c1-15-6-8-18(9-7-15)21-19(23)13-27(25,26)14-20(24)22-11-10-16-4-2-3-5-17(16)12-22/h2-9H,10-14H2,1H3,(H,21,23). The van der Waals surface area contributed by atoms with Crippen molar-refractivity contribution in [2.24, 2.45) is 0 Å². The van der Waals surface area contributed by atoms with Crippen LogP contribution in [0.2, 0.25) is 0 Å². The number of hydrogen-bond donors (Lipinski definition) is 1. The van der Waals surface area contributed by atoms with Gasteiger partial charge >= 0.3 is 0 Å². The van der Waals surface area contributed by atoms with Gasteiger partial charge in [0.05, 0.1) is 0 Å². The van der Waals surface area contributed by atoms with Crippen LogP contribution in [-0.4, -0.2) is 43.2 Å². The van der Waals surface area contributed by atoms with Gasteiger partial charge < -0.3 is 10.2 Å². The van der Waals surface area contributed by atoms with Crippen molar-refractivity contribution in [3.05, 3.63) is 65.2 Å². The maximum absolute atomic E-state index is 12.4. The normalized spacial score (nSPS) is 13.7. The summed E-state index contributed by atoms with van der Waals surface area (Å²) in [7, 11) is -3.84. The number of nitrogens with one attached hydrogen (secondary N) is 1. The molecule has 0 unspecified atom stereocenters. The summed E-state index contributed by atoms with van der Waals surface area (Å²) < 4.78 is 24.6. The molecule has 2 aromatic carbocycles. The molecule has 1 heterocycles. The van der Waals surface area contributed by atoms with Crippen molar-refractivity contribution < 1.29 is 18.0 Å². The van der Waals surface area contributed by atoms with Crippen LogP contribution in [0.5, 0.6) is 0 Å². The first-order valence-corrected chi connectivity index (χ1v) is 10.6. The molecule has 142 valence electrons. The second-order valence-electron chi connectivity index (χ2n) is 6.78. The second kappa shape index (κ2) is 7.92. The number of carbonyl (C=O) groups excluding carboxylic acids is 2. The van der Waals surface area contributed by atoms with E-state index in [4.69, 9.17) is 0 Å². The van der Waals surface area contributed by atoms with Crippen LogP contribution in [0.3, 0.4) is 0 Å². The predicted octanol–water partition coefficient (Wildman–Crippen LogP) is 1.93. The van der Waals surface area contributed by atoms with Gasteiger partial charge in [0.2, 0.25) is 11.8 Å². The summed E-state index contributed by atoms with van der Waals surface area (Å²) in [6.45, 7) is 2.81. The molecule has 0 radical (unpaired) electrons. The minimum Gasteiger partial charge on any atom is -0.337 e. The van der Waals surface area contributed by atoms with Crippen LogP contribution in [0, 0.1) is 6.92 Å². The Labute approximate surface area is 159 Å². The summed E-state index contributed by atoms with van der Waals surface area (Å²) in [4.78, 5) is 26.0. The molecule has 3 rings (SSSR count). The van der Waals surface area contributed by atoms with E-state index in [1.54, 1.807) is 12.1 Å². The average molecular weight is 386 g/mol. The Morgan fingerprint density at radius 2 is 1.67 bits per heavy atom. The van der Waals surface area contributed by atoms with Crippen molar-refractivity contribution in [1.82, 2.24) is 4.90 Å². The minimum absolute atomic E-state index is 0.403. The molecule has 0 saturated carbocycles. The molecule has 6 nitrogen and oxygen atoms in total. The number of rotatable bonds is 5. The number of fused-ring (bicyclic) bond motifs is 1. The minimum atomic E-state index is -3.84. The smallest absolute Gasteiger partial charge is 0.239 e. The van der Waals surface area contributed by atoms with E-state index in [9.17, 15) is 18.0 Å². The molecule has 2 amide bonds. The zero-order valence-corrected chi connectivity index (χ0v) is 16.0. The van der Waals surface area contributed by atoms with Gasteiger partial charge in [-0.3, -0.25) is 9.59 Å². The van der Waals surface area contributed by atoms with Gasteiger partial charge in [0.15, 0.2) is 9.84 Å². The highest BCUT2D eigenvalue weighted by atomic mass is 32.2. The van der Waals surface area contributed by atoms with Crippen molar-refractivity contribution in [1.29, 1.82) is 0 Å². The van der Waals surface area contributed by atoms with Crippen LogP contribution in [0.25, 0.3) is 0 Å². The lowest BCUT2D eigenvalue weighted by atomic mass is 10.00. The Kier molecular flexibility index (Phi) is 5.60. The predicted molar refractivity (Wildman–Crippen MR) is 104 cm³/mol. The van der Waals surface area contributed by atoms with Crippen LogP contribution in [0.1, 0.15) is 16.7 Å². The Balaban J connectivity index is 1.56. The highest BCUT2D eigenvalue weighted by molar-refractivity contribution is 7.92. The number of benzene rings is 2. The molecule has 0 bridgehead atoms. The zero-order chi connectivity index (χ0) is 19.4. The van der Waals surface area contributed by atoms with E-state index >= 15 is 0 Å². The second-order valence-corrected chi connectivity index (χ2v) is 8.84. The summed E-state index contributed by atoms with van der Waals surface area (Å²) in [5.41, 5.74) is 3.78. The number of anilines is 1. The fraction of sp³-hybridized carbons (Fsp3) is 0.300. The van der Waals surface area contributed by atoms with Crippen molar-refractivity contribution in [3.63, 3.8) is 0 Å². The summed E-state index contributed by atoms with van der Waals surface area (Å²) in [5, 5.41) is 2.55. The highest BCUT2D eigenvalue weighted by Gasteiger charge is 2.26. The Hall–Kier alpha value is -2.67. The van der Waals surface area contributed by atoms with E-state index in [1.807, 2.05) is 43.3 Å². The Morgan fingerprint density at radius 1 is 1.00 bits per heavy atom. The number of amides is 2. The summed E-state index contributed by atoms with van der Waals surface area (Å²) in [6, 6.07) is 14.9. The number of sulfone groups is 1. The third kappa shape index (κ3) is 5.17. The lowest BCUT2D eigenvalue weighted by Crippen LogP contribution is -2.40. The van der Waals surface area contributed by atoms with Gasteiger partial charge in [-0.15, -0.1) is 0 Å². The first kappa shape index (κ1) is 19.1. The molecule has 0 fully saturated rings. The monoisotopic (exact) mass is 386 g/mol. The fourth-order valence-corrected chi connectivity index (χ4v) is 4.21. The maximum Gasteiger partial charge on any atom is 0.239 e. The number of nitrogens with zero attached hydrogens (tertiary/aromatic N) is 1. The van der Waals surface area contributed by atoms with E-state index in [-0.39, 0.29) is 0 Å². The van der Waals surface area contributed by atoms with Gasteiger partial charge in [-0.2, -0.15) is 0 Å². The van der Waals surface area contributed by atoms with Gasteiger partial charge in [-0.1, -0.05) is 42.0 Å². The number of carbonyl (C=O) groups is 2. The number of aryl methyl sites for hydroxylation is 1. The van der Waals surface area contributed by atoms with E-state index in [1.165, 1.54) is 10.5 Å². The molecule has 1 aliphatic rings. The van der Waals surface area contributed by atoms with Crippen LogP contribution in [0.4, 0.5) is 5.69 Å². The molecule has 0 saturated heterocycles. The summed E-state index contributed by atoms with van der Waals surface area (Å²) in [5.74, 6) is -2.48. The molecule has 0 spiro atoms. The zero-order valence-electron chi connectivity index (χ0n) is 15.1. The van der Waals surface area contributed by atoms with Gasteiger partial charge in [0.25, 0.3) is 0 Å². The van der Waals surface area contributed by atoms with Gasteiger partial charge in [0.1, 0.15) is 11.5 Å². The van der Waals surface area contributed by atoms with Crippen molar-refractivity contribution in [3.8, 4) is 0 Å². The quantitative estimate of drug-likeness (QED) is 0.851. The lowest BCUT2D eigenvalue weighted by molar-refractivity contribution is -0.129. The summed E-state index contributed by atoms with van der Waals surface area (Å²) in [6.07, 6.45) is 0.704. The SMILES string of the molecule is Cc1ccc(NC(=O)CS(=O)(=O)CC(=O)N2CCc3ccccc3C2)cc1. The molecule has 0 atom stereocenters. The van der Waals surface area contributed by atoms with Crippen molar-refractivity contribution in [2.45, 2.75) is 19.9 Å². The third-order valence-corrected chi connectivity index (χ3v) is 5.90. The van der Waals surface area contributed by atoms with E-state index in [0.717, 1.165) is 11.1 Å². The summed E-state index contributed by atoms with van der Waals surface area (Å²) >= 11 is 0. The molecule has 7 heteroatoms. The molecular weight excluding hydrogens is 364 g/mol. The topological polar surface area (TPSA) is 83.5 Å². The average Bonchev–Trinajstić information content (AvgIpc) is 2.62. The molecule has 2 aromatic rings. The van der Waals surface area contributed by atoms with Gasteiger partial charge in [-0.25, -0.2) is 8.42 Å². The largest absolute Gasteiger partial charge is 0.337 e. The molecule has 0 aromatic heterocycles. The highest BCUT2D eigenvalue weighted by Crippen LogP contribution is 2.18. The molecule has 27 heavy (non-hydrogen) atoms. The molecule has 0 aliphatic carbocycles. The lowest BCUT2D eigenvalue weighted by Gasteiger charge is -2.28. The van der Waals surface area contributed by atoms with Gasteiger partial charge in [-0.05, 0) is 36.6 Å². The van der Waals surface area contributed by atoms with Gasteiger partial charge in [0, 0.05) is 18.8 Å². The molecule has 1 N–H and O–H groups in total. The molecular formula is C20H22N2O4S. The van der Waals surface area contributed by atoms with Crippen molar-refractivity contribution in [2.75, 3.05) is 23.4 Å². The number of hydrogen-bond acceptors (Lipinski definition) is 4. The van der Waals surface area contributed by atoms with E-state index in [0.29, 0.717) is 25.2 Å². The van der Waals surface area contributed by atoms with Crippen LogP contribution in [-0.2, 0) is 32.4 Å². The first-order valence-electron chi connectivity index (χ1n) is 8.74. The Bertz CT molecular complexity index is 952. The van der Waals surface area contributed by atoms with E-state index in [2.05, 4.69) is 5.32 Å². The van der Waals surface area contributed by atoms with Crippen LogP contribution < -0.4 is 5.32 Å². The Morgan fingerprint density at radius 3 is 2.37 bits per heavy atom. The third-order valence-electron chi connectivity index (χ3n) is 4.51. The first-order chi connectivity index (χ1) is 12.8. The van der Waals surface area contributed by atoms with Crippen LogP contribution >= 0.6 is 0 Å². The fourth-order valence-electron chi connectivity index (χ4n) is 3.07. The van der Waals surface area contributed by atoms with E-state index < -0.39 is 33.2 Å². The maximum atomic E-state index is 12.4. The van der Waals surface area contributed by atoms with Crippen LogP contribution in [0.15, 0.2) is 48.5 Å².